The van der Waals surface area contributed by atoms with Crippen molar-refractivity contribution in [3.63, 3.8) is 0 Å². The van der Waals surface area contributed by atoms with E-state index in [-0.39, 0.29) is 5.09 Å². The first-order valence-electron chi connectivity index (χ1n) is 7.86. The number of hydrogen-bond donors (Lipinski definition) is 2. The molecule has 6 heteroatoms. The molecule has 0 spiro atoms. The van der Waals surface area contributed by atoms with Gasteiger partial charge in [-0.25, -0.2) is 13.6 Å². The van der Waals surface area contributed by atoms with E-state index in [9.17, 15) is 8.42 Å². The summed E-state index contributed by atoms with van der Waals surface area (Å²) in [5.74, 6) is 0.596. The van der Waals surface area contributed by atoms with Crippen LogP contribution in [0.1, 0.15) is 64.1 Å². The molecule has 0 atom stereocenters. The molecule has 1 aromatic rings. The molecular formula is C15H28N2O3S. The molecule has 1 aromatic heterocycles. The Morgan fingerprint density at radius 3 is 2.24 bits per heavy atom. The highest BCUT2D eigenvalue weighted by molar-refractivity contribution is 7.89. The summed E-state index contributed by atoms with van der Waals surface area (Å²) in [5.41, 5.74) is 0. The molecular weight excluding hydrogens is 288 g/mol. The van der Waals surface area contributed by atoms with Gasteiger partial charge < -0.3 is 9.73 Å². The lowest BCUT2D eigenvalue weighted by molar-refractivity contribution is 0.401. The number of furan rings is 1. The Labute approximate surface area is 128 Å². The van der Waals surface area contributed by atoms with Crippen LogP contribution in [0.5, 0.6) is 0 Å². The topological polar surface area (TPSA) is 85.3 Å². The Morgan fingerprint density at radius 2 is 1.67 bits per heavy atom. The quantitative estimate of drug-likeness (QED) is 0.580. The lowest BCUT2D eigenvalue weighted by Crippen LogP contribution is -2.14. The molecule has 122 valence electrons. The highest BCUT2D eigenvalue weighted by Gasteiger charge is 2.12. The number of unbranched alkanes of at least 4 members (excludes halogenated alkanes) is 7. The van der Waals surface area contributed by atoms with Crippen LogP contribution in [0.3, 0.4) is 0 Å². The van der Waals surface area contributed by atoms with E-state index >= 15 is 0 Å². The van der Waals surface area contributed by atoms with Gasteiger partial charge in [-0.2, -0.15) is 0 Å². The maximum atomic E-state index is 11.1. The zero-order chi connectivity index (χ0) is 15.6. The Kier molecular flexibility index (Phi) is 8.64. The Balaban J connectivity index is 2.01. The highest BCUT2D eigenvalue weighted by atomic mass is 32.2. The highest BCUT2D eigenvalue weighted by Crippen LogP contribution is 2.12. The summed E-state index contributed by atoms with van der Waals surface area (Å²) in [7, 11) is -3.73. The smallest absolute Gasteiger partial charge is 0.271 e. The second-order valence-electron chi connectivity index (χ2n) is 5.42. The van der Waals surface area contributed by atoms with Crippen LogP contribution in [-0.4, -0.2) is 15.0 Å². The number of hydrogen-bond acceptors (Lipinski definition) is 4. The van der Waals surface area contributed by atoms with Crippen LogP contribution in [0.4, 0.5) is 0 Å². The summed E-state index contributed by atoms with van der Waals surface area (Å²) in [6.07, 6.45) is 10.4. The maximum Gasteiger partial charge on any atom is 0.271 e. The third-order valence-corrected chi connectivity index (χ3v) is 4.20. The van der Waals surface area contributed by atoms with E-state index in [1.807, 2.05) is 0 Å². The van der Waals surface area contributed by atoms with Gasteiger partial charge in [0, 0.05) is 0 Å². The third-order valence-electron chi connectivity index (χ3n) is 3.42. The second kappa shape index (κ2) is 9.97. The molecule has 5 nitrogen and oxygen atoms in total. The lowest BCUT2D eigenvalue weighted by Gasteiger charge is -2.03. The van der Waals surface area contributed by atoms with Gasteiger partial charge in [0.05, 0.1) is 6.54 Å². The Morgan fingerprint density at radius 1 is 1.05 bits per heavy atom. The van der Waals surface area contributed by atoms with Crippen molar-refractivity contribution >= 4 is 10.0 Å². The summed E-state index contributed by atoms with van der Waals surface area (Å²) in [6, 6.07) is 3.03. The molecule has 0 unspecified atom stereocenters. The lowest BCUT2D eigenvalue weighted by atomic mass is 10.1. The van der Waals surface area contributed by atoms with Crippen molar-refractivity contribution in [3.8, 4) is 0 Å². The first-order valence-corrected chi connectivity index (χ1v) is 9.41. The fraction of sp³-hybridized carbons (Fsp3) is 0.733. The summed E-state index contributed by atoms with van der Waals surface area (Å²) < 4.78 is 27.3. The monoisotopic (exact) mass is 316 g/mol. The summed E-state index contributed by atoms with van der Waals surface area (Å²) >= 11 is 0. The molecule has 21 heavy (non-hydrogen) atoms. The summed E-state index contributed by atoms with van der Waals surface area (Å²) in [5, 5.41) is 8.05. The predicted molar refractivity (Wildman–Crippen MR) is 84.4 cm³/mol. The molecule has 0 saturated carbocycles. The van der Waals surface area contributed by atoms with Gasteiger partial charge in [0.1, 0.15) is 5.76 Å². The van der Waals surface area contributed by atoms with Crippen molar-refractivity contribution in [1.82, 2.24) is 5.32 Å². The Hall–Kier alpha value is -0.850. The minimum atomic E-state index is -3.73. The van der Waals surface area contributed by atoms with E-state index in [0.29, 0.717) is 12.3 Å². The van der Waals surface area contributed by atoms with Gasteiger partial charge in [-0.05, 0) is 25.1 Å². The first kappa shape index (κ1) is 18.2. The van der Waals surface area contributed by atoms with Gasteiger partial charge in [0.15, 0.2) is 0 Å². The minimum Gasteiger partial charge on any atom is -0.447 e. The molecule has 0 aliphatic heterocycles. The minimum absolute atomic E-state index is 0.175. The number of rotatable bonds is 12. The van der Waals surface area contributed by atoms with E-state index in [1.165, 1.54) is 51.0 Å². The van der Waals surface area contributed by atoms with E-state index in [0.717, 1.165) is 13.0 Å². The Bertz CT molecular complexity index is 483. The molecule has 0 aliphatic rings. The van der Waals surface area contributed by atoms with Crippen LogP contribution in [0.25, 0.3) is 0 Å². The van der Waals surface area contributed by atoms with Gasteiger partial charge in [-0.1, -0.05) is 51.9 Å². The molecule has 0 aromatic carbocycles. The number of nitrogens with one attached hydrogen (secondary N) is 1. The van der Waals surface area contributed by atoms with E-state index in [1.54, 1.807) is 6.07 Å². The number of nitrogens with two attached hydrogens (primary N) is 1. The van der Waals surface area contributed by atoms with Gasteiger partial charge in [-0.3, -0.25) is 0 Å². The van der Waals surface area contributed by atoms with E-state index in [2.05, 4.69) is 12.2 Å². The fourth-order valence-corrected chi connectivity index (χ4v) is 2.68. The van der Waals surface area contributed by atoms with Crippen molar-refractivity contribution in [1.29, 1.82) is 0 Å². The van der Waals surface area contributed by atoms with E-state index in [4.69, 9.17) is 9.56 Å². The zero-order valence-corrected chi connectivity index (χ0v) is 13.8. The van der Waals surface area contributed by atoms with Crippen LogP contribution in [0, 0.1) is 0 Å². The average molecular weight is 316 g/mol. The fourth-order valence-electron chi connectivity index (χ4n) is 2.20. The van der Waals surface area contributed by atoms with Crippen LogP contribution >= 0.6 is 0 Å². The second-order valence-corrected chi connectivity index (χ2v) is 6.91. The van der Waals surface area contributed by atoms with Crippen molar-refractivity contribution < 1.29 is 12.8 Å². The molecule has 1 rings (SSSR count). The predicted octanol–water partition coefficient (Wildman–Crippen LogP) is 3.16. The van der Waals surface area contributed by atoms with Crippen molar-refractivity contribution in [2.45, 2.75) is 69.9 Å². The van der Waals surface area contributed by atoms with E-state index < -0.39 is 10.0 Å². The molecule has 0 fully saturated rings. The summed E-state index contributed by atoms with van der Waals surface area (Å²) in [6.45, 7) is 3.68. The van der Waals surface area contributed by atoms with Crippen LogP contribution < -0.4 is 10.5 Å². The van der Waals surface area contributed by atoms with Crippen molar-refractivity contribution in [2.75, 3.05) is 6.54 Å². The first-order chi connectivity index (χ1) is 10.0. The van der Waals surface area contributed by atoms with Gasteiger partial charge in [0.25, 0.3) is 10.0 Å². The molecule has 1 heterocycles. The van der Waals surface area contributed by atoms with Crippen LogP contribution in [0.15, 0.2) is 21.6 Å². The standard InChI is InChI=1S/C15H28N2O3S/c1-2-3-4-5-6-7-8-9-12-17-13-14-10-11-15(20-14)21(16,18)19/h10-11,17H,2-9,12-13H2,1H3,(H2,16,18,19). The van der Waals surface area contributed by atoms with Crippen molar-refractivity contribution in [3.05, 3.63) is 17.9 Å². The van der Waals surface area contributed by atoms with Gasteiger partial charge >= 0.3 is 0 Å². The third kappa shape index (κ3) is 8.24. The average Bonchev–Trinajstić information content (AvgIpc) is 2.90. The maximum absolute atomic E-state index is 11.1. The molecule has 0 amide bonds. The van der Waals surface area contributed by atoms with Crippen molar-refractivity contribution in [2.24, 2.45) is 5.14 Å². The molecule has 0 saturated heterocycles. The molecule has 0 aliphatic carbocycles. The summed E-state index contributed by atoms with van der Waals surface area (Å²) in [4.78, 5) is 0. The molecule has 0 bridgehead atoms. The molecule has 3 N–H and O–H groups in total. The largest absolute Gasteiger partial charge is 0.447 e. The zero-order valence-electron chi connectivity index (χ0n) is 12.9. The molecule has 0 radical (unpaired) electrons. The number of primary sulfonamides is 1. The van der Waals surface area contributed by atoms with Crippen LogP contribution in [-0.2, 0) is 16.6 Å². The normalized spacial score (nSPS) is 11.9. The van der Waals surface area contributed by atoms with Crippen LogP contribution in [0.2, 0.25) is 0 Å². The van der Waals surface area contributed by atoms with Gasteiger partial charge in [-0.15, -0.1) is 0 Å². The van der Waals surface area contributed by atoms with Gasteiger partial charge in [0.2, 0.25) is 5.09 Å². The SMILES string of the molecule is CCCCCCCCCCNCc1ccc(S(N)(=O)=O)o1. The number of sulfonamides is 1.